The van der Waals surface area contributed by atoms with Crippen molar-refractivity contribution in [2.24, 2.45) is 0 Å². The smallest absolute Gasteiger partial charge is 0.434 e. The Hall–Kier alpha value is -3.37. The molecule has 3 amide bonds. The number of imide groups is 1. The average Bonchev–Trinajstić information content (AvgIpc) is 2.82. The van der Waals surface area contributed by atoms with Crippen molar-refractivity contribution in [3.63, 3.8) is 0 Å². The summed E-state index contributed by atoms with van der Waals surface area (Å²) in [5, 5.41) is 22.5. The highest BCUT2D eigenvalue weighted by Gasteiger charge is 2.41. The number of anilines is 1. The Labute approximate surface area is 217 Å². The van der Waals surface area contributed by atoms with E-state index in [0.717, 1.165) is 10.8 Å². The number of piperazine rings is 1. The highest BCUT2D eigenvalue weighted by Crippen LogP contribution is 2.33. The van der Waals surface area contributed by atoms with Gasteiger partial charge >= 0.3 is 12.2 Å². The van der Waals surface area contributed by atoms with Crippen molar-refractivity contribution in [2.45, 2.75) is 6.04 Å². The van der Waals surface area contributed by atoms with Crippen LogP contribution in [0.2, 0.25) is 10.0 Å². The molecule has 9 nitrogen and oxygen atoms in total. The fraction of sp³-hybridized carbons (Fsp3) is 0.240. The standard InChI is InChI=1S/C25H24Cl2N4O5/c1-28-9-11-29(12-10-28)22(21-8-4-6-16-5-2-3-7-20(16)21)23(32)31(25(35)36)30(24(33)34)19-14-17(26)13-18(27)15-19/h2-8,13-15,22H,9-12H2,1H3,(H,33,34)(H,35,36). The third-order valence-electron chi connectivity index (χ3n) is 6.12. The van der Waals surface area contributed by atoms with E-state index >= 15 is 0 Å². The molecule has 3 aromatic carbocycles. The number of rotatable bonds is 4. The van der Waals surface area contributed by atoms with Crippen LogP contribution in [0.1, 0.15) is 11.6 Å². The molecular weight excluding hydrogens is 507 g/mol. The number of carbonyl (C=O) groups is 3. The van der Waals surface area contributed by atoms with Gasteiger partial charge < -0.3 is 15.1 Å². The van der Waals surface area contributed by atoms with Crippen molar-refractivity contribution in [1.29, 1.82) is 0 Å². The topological polar surface area (TPSA) is 105 Å². The Morgan fingerprint density at radius 2 is 1.47 bits per heavy atom. The number of hydrogen-bond donors (Lipinski definition) is 2. The van der Waals surface area contributed by atoms with Crippen LogP contribution in [0.3, 0.4) is 0 Å². The molecule has 1 fully saturated rings. The second kappa shape index (κ2) is 10.7. The third-order valence-corrected chi connectivity index (χ3v) is 6.55. The van der Waals surface area contributed by atoms with Gasteiger partial charge in [0.2, 0.25) is 0 Å². The summed E-state index contributed by atoms with van der Waals surface area (Å²) >= 11 is 12.1. The van der Waals surface area contributed by atoms with Gasteiger partial charge in [0.25, 0.3) is 5.91 Å². The Bertz CT molecular complexity index is 1290. The first-order chi connectivity index (χ1) is 17.2. The van der Waals surface area contributed by atoms with Crippen LogP contribution in [0, 0.1) is 0 Å². The van der Waals surface area contributed by atoms with Gasteiger partial charge in [0.15, 0.2) is 0 Å². The molecule has 1 aliphatic heterocycles. The number of nitrogens with zero attached hydrogens (tertiary/aromatic N) is 4. The molecule has 1 aliphatic rings. The van der Waals surface area contributed by atoms with Gasteiger partial charge in [0, 0.05) is 36.2 Å². The second-order valence-electron chi connectivity index (χ2n) is 8.46. The van der Waals surface area contributed by atoms with Gasteiger partial charge in [0.1, 0.15) is 6.04 Å². The second-order valence-corrected chi connectivity index (χ2v) is 9.34. The number of carboxylic acid groups (broad SMARTS) is 2. The molecule has 4 rings (SSSR count). The molecule has 3 aromatic rings. The summed E-state index contributed by atoms with van der Waals surface area (Å²) in [5.41, 5.74) is 0.411. The zero-order chi connectivity index (χ0) is 26.0. The van der Waals surface area contributed by atoms with E-state index in [9.17, 15) is 24.6 Å². The number of hydrogen-bond acceptors (Lipinski definition) is 5. The number of hydrazine groups is 1. The highest BCUT2D eigenvalue weighted by molar-refractivity contribution is 6.35. The van der Waals surface area contributed by atoms with Crippen molar-refractivity contribution in [3.05, 3.63) is 76.3 Å². The molecule has 0 aromatic heterocycles. The normalized spacial score (nSPS) is 15.4. The molecule has 0 saturated carbocycles. The lowest BCUT2D eigenvalue weighted by atomic mass is 9.96. The van der Waals surface area contributed by atoms with Gasteiger partial charge in [-0.3, -0.25) is 9.69 Å². The molecule has 188 valence electrons. The number of likely N-dealkylation sites (N-methyl/N-ethyl adjacent to an activating group) is 1. The fourth-order valence-electron chi connectivity index (χ4n) is 4.42. The predicted octanol–water partition coefficient (Wildman–Crippen LogP) is 5.04. The van der Waals surface area contributed by atoms with Crippen LogP contribution in [0.5, 0.6) is 0 Å². The summed E-state index contributed by atoms with van der Waals surface area (Å²) in [6.07, 6.45) is -3.43. The lowest BCUT2D eigenvalue weighted by Crippen LogP contribution is -2.57. The van der Waals surface area contributed by atoms with E-state index in [0.29, 0.717) is 36.8 Å². The van der Waals surface area contributed by atoms with Crippen LogP contribution in [0.4, 0.5) is 15.3 Å². The van der Waals surface area contributed by atoms with Crippen LogP contribution in [-0.4, -0.2) is 76.3 Å². The third kappa shape index (κ3) is 5.24. The lowest BCUT2D eigenvalue weighted by Gasteiger charge is -2.40. The number of amides is 3. The molecular formula is C25H24Cl2N4O5. The largest absolute Gasteiger partial charge is 0.463 e. The van der Waals surface area contributed by atoms with Gasteiger partial charge in [-0.25, -0.2) is 9.59 Å². The summed E-state index contributed by atoms with van der Waals surface area (Å²) in [4.78, 5) is 42.9. The fourth-order valence-corrected chi connectivity index (χ4v) is 4.94. The molecule has 0 bridgehead atoms. The van der Waals surface area contributed by atoms with E-state index in [-0.39, 0.29) is 20.7 Å². The molecule has 0 spiro atoms. The van der Waals surface area contributed by atoms with E-state index in [2.05, 4.69) is 4.90 Å². The summed E-state index contributed by atoms with van der Waals surface area (Å²) in [6, 6.07) is 15.7. The molecule has 1 atom stereocenters. The number of benzene rings is 3. The average molecular weight is 531 g/mol. The van der Waals surface area contributed by atoms with Gasteiger partial charge in [-0.15, -0.1) is 5.01 Å². The first-order valence-electron chi connectivity index (χ1n) is 11.1. The van der Waals surface area contributed by atoms with Crippen molar-refractivity contribution in [1.82, 2.24) is 14.8 Å². The van der Waals surface area contributed by atoms with E-state index in [1.165, 1.54) is 18.2 Å². The molecule has 11 heteroatoms. The minimum atomic E-state index is -1.75. The van der Waals surface area contributed by atoms with Gasteiger partial charge in [-0.1, -0.05) is 65.7 Å². The SMILES string of the molecule is CN1CCN(C(C(=O)N(C(=O)O)N(C(=O)O)c2cc(Cl)cc(Cl)c2)c2cccc3ccccc23)CC1. The van der Waals surface area contributed by atoms with E-state index in [1.807, 2.05) is 42.3 Å². The Kier molecular flexibility index (Phi) is 7.65. The van der Waals surface area contributed by atoms with Crippen molar-refractivity contribution >= 4 is 57.8 Å². The predicted molar refractivity (Wildman–Crippen MR) is 138 cm³/mol. The van der Waals surface area contributed by atoms with Gasteiger partial charge in [0.05, 0.1) is 5.69 Å². The maximum Gasteiger partial charge on any atom is 0.434 e. The summed E-state index contributed by atoms with van der Waals surface area (Å²) in [5.74, 6) is -0.929. The molecule has 1 heterocycles. The van der Waals surface area contributed by atoms with Crippen LogP contribution in [0.25, 0.3) is 10.8 Å². The van der Waals surface area contributed by atoms with E-state index in [1.54, 1.807) is 12.1 Å². The van der Waals surface area contributed by atoms with E-state index < -0.39 is 24.1 Å². The van der Waals surface area contributed by atoms with Crippen LogP contribution in [-0.2, 0) is 4.79 Å². The zero-order valence-corrected chi connectivity index (χ0v) is 20.9. The molecule has 1 unspecified atom stereocenters. The van der Waals surface area contributed by atoms with Crippen LogP contribution in [0.15, 0.2) is 60.7 Å². The number of fused-ring (bicyclic) bond motifs is 1. The maximum atomic E-state index is 14.1. The Morgan fingerprint density at radius 1 is 0.861 bits per heavy atom. The van der Waals surface area contributed by atoms with Crippen molar-refractivity contribution < 1.29 is 24.6 Å². The monoisotopic (exact) mass is 530 g/mol. The Morgan fingerprint density at radius 3 is 2.08 bits per heavy atom. The van der Waals surface area contributed by atoms with Gasteiger partial charge in [-0.2, -0.15) is 5.01 Å². The zero-order valence-electron chi connectivity index (χ0n) is 19.3. The lowest BCUT2D eigenvalue weighted by molar-refractivity contribution is -0.136. The molecule has 0 aliphatic carbocycles. The summed E-state index contributed by atoms with van der Waals surface area (Å²) in [6.45, 7) is 2.29. The highest BCUT2D eigenvalue weighted by atomic mass is 35.5. The van der Waals surface area contributed by atoms with E-state index in [4.69, 9.17) is 23.2 Å². The molecule has 0 radical (unpaired) electrons. The van der Waals surface area contributed by atoms with Crippen LogP contribution < -0.4 is 5.01 Å². The summed E-state index contributed by atoms with van der Waals surface area (Å²) < 4.78 is 0. The number of carbonyl (C=O) groups excluding carboxylic acids is 1. The van der Waals surface area contributed by atoms with Crippen molar-refractivity contribution in [2.75, 3.05) is 38.2 Å². The minimum absolute atomic E-state index is 0.0891. The first-order valence-corrected chi connectivity index (χ1v) is 11.9. The quantitative estimate of drug-likeness (QED) is 0.455. The molecule has 1 saturated heterocycles. The minimum Gasteiger partial charge on any atom is -0.463 e. The molecule has 36 heavy (non-hydrogen) atoms. The molecule has 2 N–H and O–H groups in total. The van der Waals surface area contributed by atoms with Gasteiger partial charge in [-0.05, 0) is 41.6 Å². The first kappa shape index (κ1) is 25.7. The van der Waals surface area contributed by atoms with Crippen LogP contribution >= 0.6 is 23.2 Å². The Balaban J connectivity index is 1.86. The number of halogens is 2. The maximum absolute atomic E-state index is 14.1. The van der Waals surface area contributed by atoms with Crippen molar-refractivity contribution in [3.8, 4) is 0 Å². The summed E-state index contributed by atoms with van der Waals surface area (Å²) in [7, 11) is 1.96.